The van der Waals surface area contributed by atoms with E-state index < -0.39 is 0 Å². The lowest BCUT2D eigenvalue weighted by molar-refractivity contribution is 0.0263. The zero-order valence-corrected chi connectivity index (χ0v) is 9.99. The van der Waals surface area contributed by atoms with Crippen molar-refractivity contribution >= 4 is 0 Å². The summed E-state index contributed by atoms with van der Waals surface area (Å²) in [6, 6.07) is 0.844. The van der Waals surface area contributed by atoms with Crippen molar-refractivity contribution in [3.05, 3.63) is 0 Å². The number of piperazine rings is 1. The van der Waals surface area contributed by atoms with Crippen LogP contribution in [0.1, 0.15) is 19.3 Å². The van der Waals surface area contributed by atoms with Crippen molar-refractivity contribution in [3.8, 4) is 0 Å². The molecule has 0 aromatic rings. The summed E-state index contributed by atoms with van der Waals surface area (Å²) in [6.45, 7) is 6.95. The minimum atomic E-state index is 0.0741. The van der Waals surface area contributed by atoms with Gasteiger partial charge in [-0.3, -0.25) is 9.80 Å². The van der Waals surface area contributed by atoms with Crippen LogP contribution in [0.4, 0.5) is 0 Å². The van der Waals surface area contributed by atoms with Crippen molar-refractivity contribution in [2.75, 3.05) is 45.9 Å². The molecule has 0 radical (unpaired) electrons. The average Bonchev–Trinajstić information content (AvgIpc) is 3.11. The summed E-state index contributed by atoms with van der Waals surface area (Å²) < 4.78 is 0. The summed E-state index contributed by atoms with van der Waals surface area (Å²) in [5.41, 5.74) is 0.0741. The molecule has 92 valence electrons. The summed E-state index contributed by atoms with van der Waals surface area (Å²) in [5.74, 6) is 0. The largest absolute Gasteiger partial charge is 0.394 e. The van der Waals surface area contributed by atoms with Crippen molar-refractivity contribution in [2.24, 2.45) is 0 Å². The smallest absolute Gasteiger partial charge is 0.0628 e. The van der Waals surface area contributed by atoms with Gasteiger partial charge in [0.25, 0.3) is 0 Å². The SMILES string of the molecule is OCC1(N2CCNCC2)CCN(C2CC2)C1. The van der Waals surface area contributed by atoms with Crippen LogP contribution in [0.5, 0.6) is 0 Å². The van der Waals surface area contributed by atoms with Crippen LogP contribution >= 0.6 is 0 Å². The molecule has 0 bridgehead atoms. The molecule has 1 saturated carbocycles. The van der Waals surface area contributed by atoms with Gasteiger partial charge in [-0.25, -0.2) is 0 Å². The molecule has 3 fully saturated rings. The van der Waals surface area contributed by atoms with E-state index in [1.807, 2.05) is 0 Å². The molecule has 2 aliphatic heterocycles. The first-order valence-electron chi connectivity index (χ1n) is 6.65. The van der Waals surface area contributed by atoms with E-state index >= 15 is 0 Å². The zero-order chi connectivity index (χ0) is 11.0. The predicted molar refractivity (Wildman–Crippen MR) is 63.5 cm³/mol. The zero-order valence-electron chi connectivity index (χ0n) is 9.99. The molecule has 0 spiro atoms. The third-order valence-electron chi connectivity index (χ3n) is 4.51. The molecule has 4 heteroatoms. The Balaban J connectivity index is 1.67. The first-order valence-corrected chi connectivity index (χ1v) is 6.65. The van der Waals surface area contributed by atoms with Gasteiger partial charge in [0, 0.05) is 45.3 Å². The van der Waals surface area contributed by atoms with Crippen molar-refractivity contribution in [2.45, 2.75) is 30.8 Å². The fourth-order valence-corrected chi connectivity index (χ4v) is 3.27. The number of aliphatic hydroxyl groups is 1. The minimum Gasteiger partial charge on any atom is -0.394 e. The molecule has 2 heterocycles. The van der Waals surface area contributed by atoms with Crippen LogP contribution in [-0.2, 0) is 0 Å². The van der Waals surface area contributed by atoms with Crippen LogP contribution in [0, 0.1) is 0 Å². The van der Waals surface area contributed by atoms with Crippen LogP contribution in [0.15, 0.2) is 0 Å². The van der Waals surface area contributed by atoms with Crippen LogP contribution in [0.3, 0.4) is 0 Å². The molecular formula is C12H23N3O. The molecule has 2 saturated heterocycles. The van der Waals surface area contributed by atoms with Gasteiger partial charge in [0.05, 0.1) is 12.1 Å². The van der Waals surface area contributed by atoms with Crippen LogP contribution in [0.2, 0.25) is 0 Å². The van der Waals surface area contributed by atoms with Gasteiger partial charge in [-0.05, 0) is 19.3 Å². The molecule has 16 heavy (non-hydrogen) atoms. The first kappa shape index (κ1) is 11.0. The molecule has 3 rings (SSSR count). The fourth-order valence-electron chi connectivity index (χ4n) is 3.27. The van der Waals surface area contributed by atoms with E-state index in [2.05, 4.69) is 15.1 Å². The lowest BCUT2D eigenvalue weighted by atomic mass is 9.96. The van der Waals surface area contributed by atoms with Gasteiger partial charge < -0.3 is 10.4 Å². The van der Waals surface area contributed by atoms with E-state index in [1.165, 1.54) is 19.4 Å². The highest BCUT2D eigenvalue weighted by molar-refractivity contribution is 5.03. The maximum atomic E-state index is 9.80. The van der Waals surface area contributed by atoms with E-state index in [9.17, 15) is 5.11 Å². The number of nitrogens with one attached hydrogen (secondary N) is 1. The Hall–Kier alpha value is -0.160. The Bertz CT molecular complexity index is 251. The maximum absolute atomic E-state index is 9.80. The summed E-state index contributed by atoms with van der Waals surface area (Å²) in [5, 5.41) is 13.2. The standard InChI is InChI=1S/C12H23N3O/c16-10-12(15-7-4-13-5-8-15)3-6-14(9-12)11-1-2-11/h11,13,16H,1-10H2. The number of nitrogens with zero attached hydrogens (tertiary/aromatic N) is 2. The second-order valence-corrected chi connectivity index (χ2v) is 5.57. The monoisotopic (exact) mass is 225 g/mol. The Morgan fingerprint density at radius 2 is 1.94 bits per heavy atom. The van der Waals surface area contributed by atoms with Gasteiger partial charge in [0.1, 0.15) is 0 Å². The van der Waals surface area contributed by atoms with Crippen molar-refractivity contribution in [1.29, 1.82) is 0 Å². The molecule has 3 aliphatic rings. The summed E-state index contributed by atoms with van der Waals surface area (Å²) >= 11 is 0. The second-order valence-electron chi connectivity index (χ2n) is 5.57. The van der Waals surface area contributed by atoms with E-state index in [1.54, 1.807) is 0 Å². The topological polar surface area (TPSA) is 38.7 Å². The van der Waals surface area contributed by atoms with E-state index in [0.29, 0.717) is 6.61 Å². The molecule has 4 nitrogen and oxygen atoms in total. The third kappa shape index (κ3) is 1.88. The number of hydrogen-bond donors (Lipinski definition) is 2. The van der Waals surface area contributed by atoms with E-state index in [-0.39, 0.29) is 5.54 Å². The maximum Gasteiger partial charge on any atom is 0.0628 e. The number of rotatable bonds is 3. The van der Waals surface area contributed by atoms with E-state index in [4.69, 9.17) is 0 Å². The highest BCUT2D eigenvalue weighted by Gasteiger charge is 2.46. The fraction of sp³-hybridized carbons (Fsp3) is 1.00. The lowest BCUT2D eigenvalue weighted by Crippen LogP contribution is -2.59. The van der Waals surface area contributed by atoms with Crippen molar-refractivity contribution < 1.29 is 5.11 Å². The Labute approximate surface area is 97.6 Å². The molecule has 0 aromatic carbocycles. The summed E-state index contributed by atoms with van der Waals surface area (Å²) in [6.07, 6.45) is 3.91. The van der Waals surface area contributed by atoms with Gasteiger partial charge in [0.15, 0.2) is 0 Å². The number of aliphatic hydroxyl groups excluding tert-OH is 1. The molecule has 0 amide bonds. The first-order chi connectivity index (χ1) is 7.84. The van der Waals surface area contributed by atoms with E-state index in [0.717, 1.165) is 45.2 Å². The molecule has 1 aliphatic carbocycles. The molecule has 2 N–H and O–H groups in total. The van der Waals surface area contributed by atoms with Gasteiger partial charge in [0.2, 0.25) is 0 Å². The molecular weight excluding hydrogens is 202 g/mol. The van der Waals surface area contributed by atoms with Crippen molar-refractivity contribution in [1.82, 2.24) is 15.1 Å². The Morgan fingerprint density at radius 3 is 2.56 bits per heavy atom. The highest BCUT2D eigenvalue weighted by Crippen LogP contribution is 2.36. The van der Waals surface area contributed by atoms with Gasteiger partial charge in [-0.2, -0.15) is 0 Å². The summed E-state index contributed by atoms with van der Waals surface area (Å²) in [7, 11) is 0. The van der Waals surface area contributed by atoms with Crippen LogP contribution < -0.4 is 5.32 Å². The third-order valence-corrected chi connectivity index (χ3v) is 4.51. The van der Waals surface area contributed by atoms with Gasteiger partial charge >= 0.3 is 0 Å². The molecule has 0 aromatic heterocycles. The molecule has 1 atom stereocenters. The van der Waals surface area contributed by atoms with Crippen molar-refractivity contribution in [3.63, 3.8) is 0 Å². The second kappa shape index (κ2) is 4.26. The summed E-state index contributed by atoms with van der Waals surface area (Å²) in [4.78, 5) is 5.12. The van der Waals surface area contributed by atoms with Crippen LogP contribution in [0.25, 0.3) is 0 Å². The quantitative estimate of drug-likeness (QED) is 0.679. The predicted octanol–water partition coefficient (Wildman–Crippen LogP) is -0.509. The van der Waals surface area contributed by atoms with Gasteiger partial charge in [-0.15, -0.1) is 0 Å². The number of hydrogen-bond acceptors (Lipinski definition) is 4. The lowest BCUT2D eigenvalue weighted by Gasteiger charge is -2.42. The average molecular weight is 225 g/mol. The highest BCUT2D eigenvalue weighted by atomic mass is 16.3. The number of likely N-dealkylation sites (tertiary alicyclic amines) is 1. The Morgan fingerprint density at radius 1 is 1.19 bits per heavy atom. The minimum absolute atomic E-state index is 0.0741. The normalized spacial score (nSPS) is 38.1. The Kier molecular flexibility index (Phi) is 2.92. The van der Waals surface area contributed by atoms with Gasteiger partial charge in [-0.1, -0.05) is 0 Å². The van der Waals surface area contributed by atoms with Crippen LogP contribution in [-0.4, -0.2) is 72.4 Å². The molecule has 1 unspecified atom stereocenters.